The van der Waals surface area contributed by atoms with E-state index in [1.165, 1.54) is 0 Å². The van der Waals surface area contributed by atoms with Crippen LogP contribution >= 0.6 is 22.6 Å². The zero-order valence-corrected chi connectivity index (χ0v) is 14.7. The molecule has 23 heavy (non-hydrogen) atoms. The molecule has 0 spiro atoms. The van der Waals surface area contributed by atoms with Gasteiger partial charge in [-0.1, -0.05) is 6.07 Å². The van der Waals surface area contributed by atoms with Gasteiger partial charge in [0, 0.05) is 9.26 Å². The molecule has 7 heteroatoms. The summed E-state index contributed by atoms with van der Waals surface area (Å²) in [5.41, 5.74) is 0.502. The Morgan fingerprint density at radius 1 is 1.00 bits per heavy atom. The summed E-state index contributed by atoms with van der Waals surface area (Å²) in [5.74, 6) is 1.21. The summed E-state index contributed by atoms with van der Waals surface area (Å²) in [6, 6.07) is 8.16. The molecule has 0 amide bonds. The Labute approximate surface area is 146 Å². The van der Waals surface area contributed by atoms with Gasteiger partial charge in [0.15, 0.2) is 11.5 Å². The van der Waals surface area contributed by atoms with E-state index in [2.05, 4.69) is 4.98 Å². The molecular weight excluding hydrogens is 422 g/mol. The Balaban J connectivity index is 2.16. The quantitative estimate of drug-likeness (QED) is 0.646. The summed E-state index contributed by atoms with van der Waals surface area (Å²) < 4.78 is 49.3. The molecule has 0 aliphatic heterocycles. The van der Waals surface area contributed by atoms with E-state index in [1.54, 1.807) is 26.4 Å². The number of pyridine rings is 1. The molecule has 0 unspecified atom stereocenters. The molecule has 0 N–H and O–H groups in total. The van der Waals surface area contributed by atoms with Crippen molar-refractivity contribution in [3.63, 3.8) is 0 Å². The maximum Gasteiger partial charge on any atom is 0.433 e. The van der Waals surface area contributed by atoms with Gasteiger partial charge in [0.2, 0.25) is 0 Å². The third-order valence-corrected chi connectivity index (χ3v) is 3.87. The number of aryl methyl sites for hydroxylation is 2. The lowest BCUT2D eigenvalue weighted by molar-refractivity contribution is -0.141. The lowest BCUT2D eigenvalue weighted by atomic mass is 10.1. The minimum atomic E-state index is -4.43. The number of halogens is 4. The Hall–Kier alpha value is -1.51. The van der Waals surface area contributed by atoms with Crippen LogP contribution in [0.4, 0.5) is 13.2 Å². The summed E-state index contributed by atoms with van der Waals surface area (Å²) in [6.07, 6.45) is -3.46. The fraction of sp³-hybridized carbons (Fsp3) is 0.312. The van der Waals surface area contributed by atoms with Crippen molar-refractivity contribution in [3.05, 3.63) is 50.9 Å². The maximum atomic E-state index is 12.8. The largest absolute Gasteiger partial charge is 0.493 e. The molecule has 0 bridgehead atoms. The second-order valence-corrected chi connectivity index (χ2v) is 6.09. The normalized spacial score (nSPS) is 11.4. The molecule has 1 aromatic carbocycles. The van der Waals surface area contributed by atoms with Crippen molar-refractivity contribution < 1.29 is 22.6 Å². The van der Waals surface area contributed by atoms with Gasteiger partial charge >= 0.3 is 6.18 Å². The lowest BCUT2D eigenvalue weighted by Crippen LogP contribution is -2.10. The SMILES string of the molecule is COc1ccc(CCc2cc(I)cc(C(F)(F)F)n2)cc1OC. The van der Waals surface area contributed by atoms with Gasteiger partial charge in [-0.25, -0.2) is 4.98 Å². The van der Waals surface area contributed by atoms with E-state index in [1.807, 2.05) is 34.7 Å². The molecule has 1 aromatic heterocycles. The highest BCUT2D eigenvalue weighted by atomic mass is 127. The molecular formula is C16H15F3INO2. The van der Waals surface area contributed by atoms with Crippen LogP contribution in [0.5, 0.6) is 11.5 Å². The van der Waals surface area contributed by atoms with Crippen molar-refractivity contribution in [3.8, 4) is 11.5 Å². The number of alkyl halides is 3. The molecule has 0 aliphatic rings. The Morgan fingerprint density at radius 2 is 1.70 bits per heavy atom. The third-order valence-electron chi connectivity index (χ3n) is 3.25. The van der Waals surface area contributed by atoms with Gasteiger partial charge in [-0.15, -0.1) is 0 Å². The highest BCUT2D eigenvalue weighted by Crippen LogP contribution is 2.30. The summed E-state index contributed by atoms with van der Waals surface area (Å²) in [7, 11) is 3.09. The highest BCUT2D eigenvalue weighted by Gasteiger charge is 2.33. The highest BCUT2D eigenvalue weighted by molar-refractivity contribution is 14.1. The minimum Gasteiger partial charge on any atom is -0.493 e. The molecule has 2 aromatic rings. The van der Waals surface area contributed by atoms with Gasteiger partial charge in [-0.05, 0) is 65.3 Å². The number of methoxy groups -OCH3 is 2. The first-order valence-corrected chi connectivity index (χ1v) is 7.86. The summed E-state index contributed by atoms with van der Waals surface area (Å²) in [4.78, 5) is 3.71. The number of hydrogen-bond acceptors (Lipinski definition) is 3. The van der Waals surface area contributed by atoms with Crippen LogP contribution in [0.1, 0.15) is 17.0 Å². The monoisotopic (exact) mass is 437 g/mol. The first kappa shape index (κ1) is 17.8. The van der Waals surface area contributed by atoms with E-state index < -0.39 is 11.9 Å². The van der Waals surface area contributed by atoms with Gasteiger partial charge in [0.1, 0.15) is 5.69 Å². The van der Waals surface area contributed by atoms with Crippen LogP contribution in [0.25, 0.3) is 0 Å². The van der Waals surface area contributed by atoms with Crippen molar-refractivity contribution in [2.45, 2.75) is 19.0 Å². The van der Waals surface area contributed by atoms with Gasteiger partial charge in [0.05, 0.1) is 14.2 Å². The van der Waals surface area contributed by atoms with E-state index in [0.29, 0.717) is 33.6 Å². The topological polar surface area (TPSA) is 31.4 Å². The number of hydrogen-bond donors (Lipinski definition) is 0. The smallest absolute Gasteiger partial charge is 0.433 e. The van der Waals surface area contributed by atoms with Crippen LogP contribution in [0.2, 0.25) is 0 Å². The predicted molar refractivity (Wildman–Crippen MR) is 88.9 cm³/mol. The van der Waals surface area contributed by atoms with Gasteiger partial charge < -0.3 is 9.47 Å². The van der Waals surface area contributed by atoms with Crippen LogP contribution in [0.15, 0.2) is 30.3 Å². The fourth-order valence-corrected chi connectivity index (χ4v) is 2.79. The third kappa shape index (κ3) is 4.73. The second-order valence-electron chi connectivity index (χ2n) is 4.85. The number of benzene rings is 1. The number of nitrogens with zero attached hydrogens (tertiary/aromatic N) is 1. The zero-order chi connectivity index (χ0) is 17.0. The summed E-state index contributed by atoms with van der Waals surface area (Å²) in [6.45, 7) is 0. The Bertz CT molecular complexity index is 690. The van der Waals surface area contributed by atoms with Crippen LogP contribution in [0.3, 0.4) is 0 Å². The maximum absolute atomic E-state index is 12.8. The molecule has 2 rings (SSSR count). The van der Waals surface area contributed by atoms with Crippen molar-refractivity contribution in [1.82, 2.24) is 4.98 Å². The molecule has 3 nitrogen and oxygen atoms in total. The summed E-state index contributed by atoms with van der Waals surface area (Å²) in [5, 5.41) is 0. The van der Waals surface area contributed by atoms with Gasteiger partial charge in [-0.3, -0.25) is 0 Å². The first-order valence-electron chi connectivity index (χ1n) is 6.78. The molecule has 124 valence electrons. The summed E-state index contributed by atoms with van der Waals surface area (Å²) >= 11 is 1.87. The van der Waals surface area contributed by atoms with E-state index in [-0.39, 0.29) is 0 Å². The molecule has 0 radical (unpaired) electrons. The first-order chi connectivity index (χ1) is 10.8. The zero-order valence-electron chi connectivity index (χ0n) is 12.6. The van der Waals surface area contributed by atoms with Crippen molar-refractivity contribution in [2.24, 2.45) is 0 Å². The second kappa shape index (κ2) is 7.37. The van der Waals surface area contributed by atoms with Crippen LogP contribution in [-0.2, 0) is 19.0 Å². The van der Waals surface area contributed by atoms with Gasteiger partial charge in [-0.2, -0.15) is 13.2 Å². The van der Waals surface area contributed by atoms with Crippen molar-refractivity contribution in [2.75, 3.05) is 14.2 Å². The molecule has 0 fully saturated rings. The average Bonchev–Trinajstić information content (AvgIpc) is 2.51. The standard InChI is InChI=1S/C16H15F3INO2/c1-22-13-6-4-10(7-14(13)23-2)3-5-12-8-11(20)9-15(21-12)16(17,18)19/h4,6-9H,3,5H2,1-2H3. The molecule has 0 saturated carbocycles. The number of aromatic nitrogens is 1. The number of ether oxygens (including phenoxy) is 2. The minimum absolute atomic E-state index is 0.412. The Morgan fingerprint density at radius 3 is 2.30 bits per heavy atom. The van der Waals surface area contributed by atoms with Crippen molar-refractivity contribution >= 4 is 22.6 Å². The van der Waals surface area contributed by atoms with Crippen LogP contribution in [0, 0.1) is 3.57 Å². The van der Waals surface area contributed by atoms with Crippen LogP contribution in [-0.4, -0.2) is 19.2 Å². The lowest BCUT2D eigenvalue weighted by Gasteiger charge is -2.11. The average molecular weight is 437 g/mol. The number of rotatable bonds is 5. The molecule has 0 atom stereocenters. The van der Waals surface area contributed by atoms with E-state index in [0.717, 1.165) is 11.6 Å². The van der Waals surface area contributed by atoms with Gasteiger partial charge in [0.25, 0.3) is 0 Å². The Kier molecular flexibility index (Phi) is 5.72. The predicted octanol–water partition coefficient (Wildman–Crippen LogP) is 4.51. The van der Waals surface area contributed by atoms with E-state index in [9.17, 15) is 13.2 Å². The van der Waals surface area contributed by atoms with E-state index >= 15 is 0 Å². The van der Waals surface area contributed by atoms with E-state index in [4.69, 9.17) is 9.47 Å². The van der Waals surface area contributed by atoms with Crippen molar-refractivity contribution in [1.29, 1.82) is 0 Å². The molecule has 1 heterocycles. The fourth-order valence-electron chi connectivity index (χ4n) is 2.13. The molecule has 0 aliphatic carbocycles. The molecule has 0 saturated heterocycles. The van der Waals surface area contributed by atoms with Crippen LogP contribution < -0.4 is 9.47 Å².